The molecule has 2 amide bonds. The van der Waals surface area contributed by atoms with Crippen molar-refractivity contribution in [3.8, 4) is 0 Å². The van der Waals surface area contributed by atoms with E-state index in [1.807, 2.05) is 0 Å². The number of morpholine rings is 1. The second-order valence-electron chi connectivity index (χ2n) is 4.06. The molecule has 2 rings (SSSR count). The van der Waals surface area contributed by atoms with Gasteiger partial charge in [-0.2, -0.15) is 0 Å². The lowest BCUT2D eigenvalue weighted by Gasteiger charge is -2.34. The van der Waals surface area contributed by atoms with Crippen LogP contribution in [0.15, 0.2) is 18.5 Å². The van der Waals surface area contributed by atoms with Gasteiger partial charge in [-0.3, -0.25) is 14.6 Å². The Morgan fingerprint density at radius 3 is 3.05 bits per heavy atom. The highest BCUT2D eigenvalue weighted by molar-refractivity contribution is 6.33. The second-order valence-corrected chi connectivity index (χ2v) is 4.47. The molecule has 0 bridgehead atoms. The molecule has 1 atom stereocenters. The number of likely N-dealkylation sites (N-methyl/N-ethyl adjacent to an activating group) is 1. The largest absolute Gasteiger partial charge is 0.377 e. The van der Waals surface area contributed by atoms with Gasteiger partial charge in [-0.1, -0.05) is 11.6 Å². The van der Waals surface area contributed by atoms with Gasteiger partial charge in [0.1, 0.15) is 6.04 Å². The van der Waals surface area contributed by atoms with Crippen molar-refractivity contribution < 1.29 is 14.3 Å². The lowest BCUT2D eigenvalue weighted by molar-refractivity contribution is -0.130. The fraction of sp³-hybridized carbons (Fsp3) is 0.417. The number of hydrogen-bond donors (Lipinski definition) is 1. The van der Waals surface area contributed by atoms with Crippen molar-refractivity contribution in [2.45, 2.75) is 6.04 Å². The summed E-state index contributed by atoms with van der Waals surface area (Å²) in [5.74, 6) is -0.539. The predicted molar refractivity (Wildman–Crippen MR) is 69.0 cm³/mol. The number of halogens is 1. The molecule has 2 heterocycles. The van der Waals surface area contributed by atoms with Gasteiger partial charge in [0.2, 0.25) is 5.91 Å². The molecule has 1 aromatic rings. The number of pyridine rings is 1. The van der Waals surface area contributed by atoms with Crippen molar-refractivity contribution in [2.75, 3.05) is 26.8 Å². The van der Waals surface area contributed by atoms with Gasteiger partial charge in [0.05, 0.1) is 23.8 Å². The Morgan fingerprint density at radius 2 is 2.37 bits per heavy atom. The molecule has 1 aliphatic rings. The molecule has 1 unspecified atom stereocenters. The molecule has 0 aliphatic carbocycles. The molecular formula is C12H14ClN3O3. The van der Waals surface area contributed by atoms with E-state index < -0.39 is 6.04 Å². The Hall–Kier alpha value is -1.66. The normalized spacial score (nSPS) is 19.1. The van der Waals surface area contributed by atoms with Gasteiger partial charge in [0.15, 0.2) is 0 Å². The standard InChI is InChI=1S/C12H14ClN3O3/c1-14-11(17)10-7-19-5-4-16(10)12(18)8-2-3-15-6-9(8)13/h2-3,6,10H,4-5,7H2,1H3,(H,14,17). The first-order chi connectivity index (χ1) is 9.15. The molecule has 102 valence electrons. The van der Waals surface area contributed by atoms with Crippen molar-refractivity contribution in [1.82, 2.24) is 15.2 Å². The van der Waals surface area contributed by atoms with Gasteiger partial charge < -0.3 is 15.0 Å². The van der Waals surface area contributed by atoms with Crippen LogP contribution in [-0.4, -0.2) is 54.5 Å². The molecule has 0 radical (unpaired) electrons. The van der Waals surface area contributed by atoms with Crippen molar-refractivity contribution in [2.24, 2.45) is 0 Å². The maximum atomic E-state index is 12.4. The SMILES string of the molecule is CNC(=O)C1COCCN1C(=O)c1ccncc1Cl. The summed E-state index contributed by atoms with van der Waals surface area (Å²) in [4.78, 5) is 29.5. The van der Waals surface area contributed by atoms with Crippen molar-refractivity contribution >= 4 is 23.4 Å². The summed E-state index contributed by atoms with van der Waals surface area (Å²) in [5.41, 5.74) is 0.340. The number of carbonyl (C=O) groups excluding carboxylic acids is 2. The molecule has 1 aromatic heterocycles. The fourth-order valence-corrected chi connectivity index (χ4v) is 2.13. The third kappa shape index (κ3) is 2.85. The maximum Gasteiger partial charge on any atom is 0.256 e. The third-order valence-corrected chi connectivity index (χ3v) is 3.24. The van der Waals surface area contributed by atoms with E-state index in [4.69, 9.17) is 16.3 Å². The van der Waals surface area contributed by atoms with E-state index in [-0.39, 0.29) is 23.4 Å². The Kier molecular flexibility index (Phi) is 4.34. The number of carbonyl (C=O) groups is 2. The molecule has 0 aromatic carbocycles. The number of amides is 2. The number of rotatable bonds is 2. The molecule has 1 saturated heterocycles. The minimum atomic E-state index is -0.629. The molecule has 1 aliphatic heterocycles. The summed E-state index contributed by atoms with van der Waals surface area (Å²) in [7, 11) is 1.53. The monoisotopic (exact) mass is 283 g/mol. The zero-order valence-corrected chi connectivity index (χ0v) is 11.2. The van der Waals surface area contributed by atoms with Gasteiger partial charge in [-0.05, 0) is 6.07 Å². The van der Waals surface area contributed by atoms with Gasteiger partial charge in [0, 0.05) is 26.0 Å². The quantitative estimate of drug-likeness (QED) is 0.849. The molecular weight excluding hydrogens is 270 g/mol. The van der Waals surface area contributed by atoms with Gasteiger partial charge in [-0.25, -0.2) is 0 Å². The first-order valence-corrected chi connectivity index (χ1v) is 6.22. The van der Waals surface area contributed by atoms with E-state index in [0.717, 1.165) is 0 Å². The van der Waals surface area contributed by atoms with Crippen LogP contribution < -0.4 is 5.32 Å². The van der Waals surface area contributed by atoms with Crippen LogP contribution in [0.3, 0.4) is 0 Å². The fourth-order valence-electron chi connectivity index (χ4n) is 1.93. The average molecular weight is 284 g/mol. The minimum Gasteiger partial charge on any atom is -0.377 e. The summed E-state index contributed by atoms with van der Waals surface area (Å²) < 4.78 is 5.25. The van der Waals surface area contributed by atoms with E-state index in [0.29, 0.717) is 18.7 Å². The topological polar surface area (TPSA) is 71.5 Å². The van der Waals surface area contributed by atoms with Crippen LogP contribution in [-0.2, 0) is 9.53 Å². The molecule has 1 N–H and O–H groups in total. The second kappa shape index (κ2) is 5.99. The minimum absolute atomic E-state index is 0.189. The zero-order chi connectivity index (χ0) is 13.8. The predicted octanol–water partition coefficient (Wildman–Crippen LogP) is 0.322. The van der Waals surface area contributed by atoms with E-state index in [1.165, 1.54) is 24.3 Å². The Labute approximate surface area is 115 Å². The molecule has 7 heteroatoms. The Morgan fingerprint density at radius 1 is 1.58 bits per heavy atom. The number of aromatic nitrogens is 1. The molecule has 6 nitrogen and oxygen atoms in total. The number of hydrogen-bond acceptors (Lipinski definition) is 4. The molecule has 0 saturated carbocycles. The van der Waals surface area contributed by atoms with Crippen LogP contribution >= 0.6 is 11.6 Å². The van der Waals surface area contributed by atoms with E-state index in [1.54, 1.807) is 6.07 Å². The lowest BCUT2D eigenvalue weighted by atomic mass is 10.1. The lowest BCUT2D eigenvalue weighted by Crippen LogP contribution is -2.55. The highest BCUT2D eigenvalue weighted by Crippen LogP contribution is 2.18. The zero-order valence-electron chi connectivity index (χ0n) is 10.4. The maximum absolute atomic E-state index is 12.4. The first kappa shape index (κ1) is 13.8. The van der Waals surface area contributed by atoms with Crippen molar-refractivity contribution in [3.05, 3.63) is 29.0 Å². The number of nitrogens with zero attached hydrogens (tertiary/aromatic N) is 2. The summed E-state index contributed by atoms with van der Waals surface area (Å²) >= 11 is 5.96. The van der Waals surface area contributed by atoms with E-state index in [9.17, 15) is 9.59 Å². The van der Waals surface area contributed by atoms with Crippen molar-refractivity contribution in [1.29, 1.82) is 0 Å². The smallest absolute Gasteiger partial charge is 0.256 e. The van der Waals surface area contributed by atoms with Crippen LogP contribution in [0.4, 0.5) is 0 Å². The van der Waals surface area contributed by atoms with E-state index in [2.05, 4.69) is 10.3 Å². The van der Waals surface area contributed by atoms with Crippen LogP contribution in [0.2, 0.25) is 5.02 Å². The molecule has 0 spiro atoms. The Balaban J connectivity index is 2.25. The summed E-state index contributed by atoms with van der Waals surface area (Å²) in [6.45, 7) is 0.950. The van der Waals surface area contributed by atoms with E-state index >= 15 is 0 Å². The molecule has 19 heavy (non-hydrogen) atoms. The van der Waals surface area contributed by atoms with Crippen LogP contribution in [0.5, 0.6) is 0 Å². The van der Waals surface area contributed by atoms with Crippen molar-refractivity contribution in [3.63, 3.8) is 0 Å². The number of ether oxygens (including phenoxy) is 1. The van der Waals surface area contributed by atoms with Crippen LogP contribution in [0.1, 0.15) is 10.4 Å². The third-order valence-electron chi connectivity index (χ3n) is 2.94. The average Bonchev–Trinajstić information content (AvgIpc) is 2.46. The summed E-state index contributed by atoms with van der Waals surface area (Å²) in [6, 6.07) is 0.914. The Bertz CT molecular complexity index is 495. The highest BCUT2D eigenvalue weighted by atomic mass is 35.5. The van der Waals surface area contributed by atoms with Crippen LogP contribution in [0, 0.1) is 0 Å². The highest BCUT2D eigenvalue weighted by Gasteiger charge is 2.33. The first-order valence-electron chi connectivity index (χ1n) is 5.85. The van der Waals surface area contributed by atoms with Gasteiger partial charge in [-0.15, -0.1) is 0 Å². The van der Waals surface area contributed by atoms with Gasteiger partial charge >= 0.3 is 0 Å². The van der Waals surface area contributed by atoms with Crippen LogP contribution in [0.25, 0.3) is 0 Å². The van der Waals surface area contributed by atoms with Gasteiger partial charge in [0.25, 0.3) is 5.91 Å². The summed E-state index contributed by atoms with van der Waals surface area (Å²) in [5, 5.41) is 2.80. The summed E-state index contributed by atoms with van der Waals surface area (Å²) in [6.07, 6.45) is 2.90. The molecule has 1 fully saturated rings. The number of nitrogens with one attached hydrogen (secondary N) is 1.